The van der Waals surface area contributed by atoms with Crippen molar-refractivity contribution in [1.29, 1.82) is 0 Å². The van der Waals surface area contributed by atoms with Crippen LogP contribution < -0.4 is 10.2 Å². The number of hydrogen-bond donors (Lipinski definition) is 1. The molecule has 10 heteroatoms. The molecule has 1 fully saturated rings. The Bertz CT molecular complexity index is 905. The highest BCUT2D eigenvalue weighted by molar-refractivity contribution is 8.01. The Balaban J connectivity index is 1.32. The number of thiazole rings is 1. The van der Waals surface area contributed by atoms with Crippen LogP contribution in [0.3, 0.4) is 0 Å². The van der Waals surface area contributed by atoms with E-state index in [1.54, 1.807) is 16.2 Å². The van der Waals surface area contributed by atoms with Crippen molar-refractivity contribution in [3.8, 4) is 0 Å². The van der Waals surface area contributed by atoms with Gasteiger partial charge in [-0.25, -0.2) is 4.98 Å². The summed E-state index contributed by atoms with van der Waals surface area (Å²) in [4.78, 5) is 19.1. The quantitative estimate of drug-likeness (QED) is 0.538. The highest BCUT2D eigenvalue weighted by atomic mass is 32.2. The normalized spacial score (nSPS) is 16.5. The van der Waals surface area contributed by atoms with Crippen LogP contribution in [0.2, 0.25) is 0 Å². The molecular formula is C18H21N5O2S3. The predicted octanol–water partition coefficient (Wildman–Crippen LogP) is 3.88. The van der Waals surface area contributed by atoms with Gasteiger partial charge in [-0.2, -0.15) is 0 Å². The molecule has 1 saturated heterocycles. The Kier molecular flexibility index (Phi) is 6.40. The third-order valence-corrected chi connectivity index (χ3v) is 7.42. The summed E-state index contributed by atoms with van der Waals surface area (Å²) in [5, 5.41) is 13.1. The number of carbonyl (C=O) groups is 1. The number of ether oxygens (including phenoxy) is 1. The molecule has 3 aromatic rings. The maximum atomic E-state index is 12.7. The van der Waals surface area contributed by atoms with E-state index in [-0.39, 0.29) is 12.0 Å². The summed E-state index contributed by atoms with van der Waals surface area (Å²) in [5.74, 6) is 0.333. The summed E-state index contributed by atoms with van der Waals surface area (Å²) in [6.07, 6.45) is 2.46. The standard InChI is InChI=1S/C18H21N5O2S3/c1-2-23(17-20-13-7-3-4-8-14(13)27-17)15(24)11-26-18-22-21-16(28-18)19-10-12-6-5-9-25-12/h3-4,7-8,12H,2,5-6,9-11H2,1H3,(H,19,21). The van der Waals surface area contributed by atoms with Crippen LogP contribution in [-0.2, 0) is 9.53 Å². The lowest BCUT2D eigenvalue weighted by atomic mass is 10.2. The molecule has 7 nitrogen and oxygen atoms in total. The fourth-order valence-electron chi connectivity index (χ4n) is 2.94. The molecule has 1 aliphatic heterocycles. The van der Waals surface area contributed by atoms with Gasteiger partial charge >= 0.3 is 0 Å². The van der Waals surface area contributed by atoms with E-state index in [0.717, 1.165) is 50.8 Å². The zero-order valence-corrected chi connectivity index (χ0v) is 17.9. The van der Waals surface area contributed by atoms with Crippen molar-refractivity contribution >= 4 is 60.8 Å². The van der Waals surface area contributed by atoms with Gasteiger partial charge in [-0.05, 0) is 31.9 Å². The van der Waals surface area contributed by atoms with Crippen LogP contribution in [-0.4, -0.2) is 52.6 Å². The van der Waals surface area contributed by atoms with Crippen molar-refractivity contribution in [1.82, 2.24) is 15.2 Å². The number of nitrogens with one attached hydrogen (secondary N) is 1. The molecule has 0 aliphatic carbocycles. The molecule has 0 bridgehead atoms. The Morgan fingerprint density at radius 1 is 1.36 bits per heavy atom. The van der Waals surface area contributed by atoms with E-state index >= 15 is 0 Å². The van der Waals surface area contributed by atoms with Gasteiger partial charge in [-0.15, -0.1) is 10.2 Å². The van der Waals surface area contributed by atoms with Crippen molar-refractivity contribution in [2.24, 2.45) is 0 Å². The number of fused-ring (bicyclic) bond motifs is 1. The summed E-state index contributed by atoms with van der Waals surface area (Å²) in [5.41, 5.74) is 0.924. The van der Waals surface area contributed by atoms with E-state index in [9.17, 15) is 4.79 Å². The summed E-state index contributed by atoms with van der Waals surface area (Å²) in [6.45, 7) is 4.14. The van der Waals surface area contributed by atoms with Gasteiger partial charge < -0.3 is 10.1 Å². The fourth-order valence-corrected chi connectivity index (χ4v) is 5.62. The largest absolute Gasteiger partial charge is 0.376 e. The van der Waals surface area contributed by atoms with Crippen molar-refractivity contribution in [3.63, 3.8) is 0 Å². The van der Waals surface area contributed by atoms with E-state index in [1.807, 2.05) is 31.2 Å². The lowest BCUT2D eigenvalue weighted by Gasteiger charge is -2.16. The monoisotopic (exact) mass is 435 g/mol. The highest BCUT2D eigenvalue weighted by Gasteiger charge is 2.19. The van der Waals surface area contributed by atoms with Crippen LogP contribution >= 0.6 is 34.4 Å². The van der Waals surface area contributed by atoms with E-state index in [1.165, 1.54) is 23.1 Å². The lowest BCUT2D eigenvalue weighted by molar-refractivity contribution is -0.116. The van der Waals surface area contributed by atoms with Gasteiger partial charge in [0.25, 0.3) is 0 Å². The van der Waals surface area contributed by atoms with Gasteiger partial charge in [0.15, 0.2) is 9.47 Å². The molecule has 1 unspecified atom stereocenters. The van der Waals surface area contributed by atoms with E-state index in [4.69, 9.17) is 4.74 Å². The van der Waals surface area contributed by atoms with Crippen LogP contribution in [0.5, 0.6) is 0 Å². The SMILES string of the molecule is CCN(C(=O)CSc1nnc(NCC2CCCO2)s1)c1nc2ccccc2s1. The van der Waals surface area contributed by atoms with Crippen LogP contribution in [0.25, 0.3) is 10.2 Å². The van der Waals surface area contributed by atoms with E-state index in [2.05, 4.69) is 20.5 Å². The van der Waals surface area contributed by atoms with Gasteiger partial charge in [0.1, 0.15) is 0 Å². The number of anilines is 2. The second-order valence-corrected chi connectivity index (χ2v) is 9.49. The molecule has 2 aromatic heterocycles. The molecule has 4 rings (SSSR count). The second kappa shape index (κ2) is 9.17. The Morgan fingerprint density at radius 3 is 3.04 bits per heavy atom. The Labute approximate surface area is 175 Å². The number of para-hydroxylation sites is 1. The summed E-state index contributed by atoms with van der Waals surface area (Å²) in [7, 11) is 0. The Morgan fingerprint density at radius 2 is 2.25 bits per heavy atom. The third kappa shape index (κ3) is 4.62. The molecule has 0 saturated carbocycles. The Hall–Kier alpha value is -1.75. The molecule has 1 aromatic carbocycles. The minimum absolute atomic E-state index is 0.0237. The zero-order chi connectivity index (χ0) is 19.3. The fraction of sp³-hybridized carbons (Fsp3) is 0.444. The molecule has 1 N–H and O–H groups in total. The number of amides is 1. The van der Waals surface area contributed by atoms with Gasteiger partial charge in [-0.1, -0.05) is 46.6 Å². The smallest absolute Gasteiger partial charge is 0.239 e. The number of carbonyl (C=O) groups excluding carboxylic acids is 1. The van der Waals surface area contributed by atoms with E-state index in [0.29, 0.717) is 12.3 Å². The maximum absolute atomic E-state index is 12.7. The lowest BCUT2D eigenvalue weighted by Crippen LogP contribution is -2.31. The zero-order valence-electron chi connectivity index (χ0n) is 15.5. The third-order valence-electron chi connectivity index (χ3n) is 4.36. The van der Waals surface area contributed by atoms with Crippen molar-refractivity contribution in [3.05, 3.63) is 24.3 Å². The number of rotatable bonds is 8. The summed E-state index contributed by atoms with van der Waals surface area (Å²) < 4.78 is 7.46. The highest BCUT2D eigenvalue weighted by Crippen LogP contribution is 2.30. The average Bonchev–Trinajstić information content (AvgIpc) is 3.45. The first-order valence-electron chi connectivity index (χ1n) is 9.20. The summed E-state index contributed by atoms with van der Waals surface area (Å²) in [6, 6.07) is 7.93. The molecule has 148 valence electrons. The van der Waals surface area contributed by atoms with Crippen molar-refractivity contribution in [2.45, 2.75) is 30.2 Å². The van der Waals surface area contributed by atoms with Crippen LogP contribution in [0.4, 0.5) is 10.3 Å². The maximum Gasteiger partial charge on any atom is 0.239 e. The van der Waals surface area contributed by atoms with Gasteiger partial charge in [0.05, 0.1) is 22.1 Å². The van der Waals surface area contributed by atoms with Gasteiger partial charge in [0, 0.05) is 19.7 Å². The minimum Gasteiger partial charge on any atom is -0.376 e. The van der Waals surface area contributed by atoms with Gasteiger partial charge in [0.2, 0.25) is 11.0 Å². The van der Waals surface area contributed by atoms with Crippen LogP contribution in [0.15, 0.2) is 28.6 Å². The first-order valence-corrected chi connectivity index (χ1v) is 11.8. The molecule has 3 heterocycles. The number of nitrogens with zero attached hydrogens (tertiary/aromatic N) is 4. The second-order valence-electron chi connectivity index (χ2n) is 6.28. The number of hydrogen-bond acceptors (Lipinski definition) is 9. The topological polar surface area (TPSA) is 80.2 Å². The molecule has 1 atom stereocenters. The molecule has 1 amide bonds. The number of aromatic nitrogens is 3. The van der Waals surface area contributed by atoms with Crippen molar-refractivity contribution in [2.75, 3.05) is 35.7 Å². The minimum atomic E-state index is 0.0237. The molecule has 28 heavy (non-hydrogen) atoms. The molecular weight excluding hydrogens is 414 g/mol. The molecule has 0 spiro atoms. The summed E-state index contributed by atoms with van der Waals surface area (Å²) >= 11 is 4.42. The molecule has 0 radical (unpaired) electrons. The van der Waals surface area contributed by atoms with Crippen LogP contribution in [0.1, 0.15) is 19.8 Å². The first-order chi connectivity index (χ1) is 13.7. The number of benzene rings is 1. The first kappa shape index (κ1) is 19.6. The van der Waals surface area contributed by atoms with E-state index < -0.39 is 0 Å². The average molecular weight is 436 g/mol. The van der Waals surface area contributed by atoms with Crippen molar-refractivity contribution < 1.29 is 9.53 Å². The van der Waals surface area contributed by atoms with Gasteiger partial charge in [-0.3, -0.25) is 9.69 Å². The molecule has 1 aliphatic rings. The number of thioether (sulfide) groups is 1. The predicted molar refractivity (Wildman–Crippen MR) is 116 cm³/mol. The van der Waals surface area contributed by atoms with Crippen LogP contribution in [0, 0.1) is 0 Å².